The Hall–Kier alpha value is -1.33. The number of methoxy groups -OCH3 is 1. The van der Waals surface area contributed by atoms with Gasteiger partial charge in [-0.1, -0.05) is 0 Å². The lowest BCUT2D eigenvalue weighted by Gasteiger charge is -2.13. The minimum absolute atomic E-state index is 0.267. The molecule has 0 radical (unpaired) electrons. The molecule has 2 rings (SSSR count). The van der Waals surface area contributed by atoms with Crippen molar-refractivity contribution < 1.29 is 19.1 Å². The third-order valence-electron chi connectivity index (χ3n) is 2.77. The molecule has 0 aliphatic carbocycles. The summed E-state index contributed by atoms with van der Waals surface area (Å²) in [5.74, 6) is 0.212. The number of ether oxygens (including phenoxy) is 1. The molecule has 0 amide bonds. The molecule has 2 heterocycles. The Morgan fingerprint density at radius 1 is 1.75 bits per heavy atom. The average molecular weight is 225 g/mol. The van der Waals surface area contributed by atoms with E-state index in [2.05, 4.69) is 9.64 Å². The number of furan rings is 1. The minimum Gasteiger partial charge on any atom is -0.467 e. The molecule has 1 aromatic heterocycles. The normalized spacial score (nSPS) is 21.2. The minimum atomic E-state index is -0.386. The number of hydrogen-bond donors (Lipinski definition) is 1. The Kier molecular flexibility index (Phi) is 3.26. The van der Waals surface area contributed by atoms with Gasteiger partial charge < -0.3 is 14.3 Å². The highest BCUT2D eigenvalue weighted by molar-refractivity contribution is 5.90. The molecule has 16 heavy (non-hydrogen) atoms. The number of rotatable bonds is 3. The van der Waals surface area contributed by atoms with Crippen LogP contribution in [0.2, 0.25) is 0 Å². The van der Waals surface area contributed by atoms with Crippen LogP contribution in [0.1, 0.15) is 22.5 Å². The van der Waals surface area contributed by atoms with Gasteiger partial charge in [-0.05, 0) is 12.5 Å². The largest absolute Gasteiger partial charge is 0.467 e. The second-order valence-corrected chi connectivity index (χ2v) is 3.93. The summed E-state index contributed by atoms with van der Waals surface area (Å²) in [6.45, 7) is 1.98. The van der Waals surface area contributed by atoms with Gasteiger partial charge in [0.05, 0.1) is 26.0 Å². The van der Waals surface area contributed by atoms with E-state index in [-0.39, 0.29) is 12.1 Å². The Morgan fingerprint density at radius 2 is 2.56 bits per heavy atom. The zero-order valence-electron chi connectivity index (χ0n) is 9.18. The van der Waals surface area contributed by atoms with E-state index in [0.29, 0.717) is 24.4 Å². The molecule has 1 saturated heterocycles. The molecule has 1 aliphatic rings. The van der Waals surface area contributed by atoms with Crippen LogP contribution in [-0.4, -0.2) is 42.3 Å². The first-order chi connectivity index (χ1) is 7.70. The van der Waals surface area contributed by atoms with Crippen molar-refractivity contribution in [1.29, 1.82) is 0 Å². The van der Waals surface area contributed by atoms with Gasteiger partial charge in [0.15, 0.2) is 0 Å². The zero-order chi connectivity index (χ0) is 11.5. The Balaban J connectivity index is 2.04. The number of hydrogen-bond acceptors (Lipinski definition) is 5. The van der Waals surface area contributed by atoms with Crippen molar-refractivity contribution in [2.24, 2.45) is 0 Å². The highest BCUT2D eigenvalue weighted by atomic mass is 16.5. The average Bonchev–Trinajstić information content (AvgIpc) is 2.87. The number of carbonyl (C=O) groups excluding carboxylic acids is 1. The van der Waals surface area contributed by atoms with Crippen molar-refractivity contribution in [3.63, 3.8) is 0 Å². The second-order valence-electron chi connectivity index (χ2n) is 3.93. The van der Waals surface area contributed by atoms with Crippen LogP contribution < -0.4 is 0 Å². The van der Waals surface area contributed by atoms with Gasteiger partial charge in [0.25, 0.3) is 0 Å². The molecular formula is C11H15NO4. The fourth-order valence-electron chi connectivity index (χ4n) is 1.91. The maximum absolute atomic E-state index is 11.4. The van der Waals surface area contributed by atoms with Crippen molar-refractivity contribution in [2.45, 2.75) is 19.1 Å². The molecule has 5 heteroatoms. The summed E-state index contributed by atoms with van der Waals surface area (Å²) in [5, 5.41) is 9.39. The number of β-amino-alcohol motifs (C(OH)–C–C–N with tert-alkyl or cyclic N) is 1. The fourth-order valence-corrected chi connectivity index (χ4v) is 1.91. The standard InChI is InChI=1S/C11H15NO4/c1-15-11(14)9-3-5-16-10(9)7-12-4-2-8(13)6-12/h3,5,8,13H,2,4,6-7H2,1H3/t8-/m1/s1. The predicted octanol–water partition coefficient (Wildman–Crippen LogP) is 0.633. The van der Waals surface area contributed by atoms with Gasteiger partial charge in [0.1, 0.15) is 11.3 Å². The van der Waals surface area contributed by atoms with Crippen LogP contribution in [0.15, 0.2) is 16.7 Å². The highest BCUT2D eigenvalue weighted by Gasteiger charge is 2.23. The number of nitrogens with zero attached hydrogens (tertiary/aromatic N) is 1. The van der Waals surface area contributed by atoms with E-state index in [1.807, 2.05) is 0 Å². The zero-order valence-corrected chi connectivity index (χ0v) is 9.18. The first-order valence-corrected chi connectivity index (χ1v) is 5.26. The Bertz CT molecular complexity index is 374. The van der Waals surface area contributed by atoms with E-state index in [0.717, 1.165) is 13.0 Å². The maximum Gasteiger partial charge on any atom is 0.341 e. The molecule has 0 bridgehead atoms. The number of esters is 1. The number of carbonyl (C=O) groups is 1. The molecule has 0 spiro atoms. The summed E-state index contributed by atoms with van der Waals surface area (Å²) in [7, 11) is 1.35. The van der Waals surface area contributed by atoms with Gasteiger partial charge in [0.2, 0.25) is 0 Å². The van der Waals surface area contributed by atoms with E-state index in [9.17, 15) is 9.90 Å². The van der Waals surface area contributed by atoms with Crippen molar-refractivity contribution in [1.82, 2.24) is 4.90 Å². The van der Waals surface area contributed by atoms with Crippen LogP contribution in [0.25, 0.3) is 0 Å². The number of likely N-dealkylation sites (tertiary alicyclic amines) is 1. The van der Waals surface area contributed by atoms with Gasteiger partial charge in [-0.15, -0.1) is 0 Å². The number of aliphatic hydroxyl groups is 1. The maximum atomic E-state index is 11.4. The Labute approximate surface area is 93.6 Å². The molecule has 88 valence electrons. The summed E-state index contributed by atoms with van der Waals surface area (Å²) in [4.78, 5) is 13.4. The third kappa shape index (κ3) is 2.25. The fraction of sp³-hybridized carbons (Fsp3) is 0.545. The SMILES string of the molecule is COC(=O)c1ccoc1CN1CC[C@@H](O)C1. The molecule has 0 saturated carbocycles. The van der Waals surface area contributed by atoms with Crippen molar-refractivity contribution in [2.75, 3.05) is 20.2 Å². The number of aliphatic hydroxyl groups excluding tert-OH is 1. The topological polar surface area (TPSA) is 62.9 Å². The molecule has 1 fully saturated rings. The van der Waals surface area contributed by atoms with Crippen molar-refractivity contribution in [3.8, 4) is 0 Å². The summed E-state index contributed by atoms with van der Waals surface area (Å²) < 4.78 is 9.91. The van der Waals surface area contributed by atoms with E-state index >= 15 is 0 Å². The molecule has 1 N–H and O–H groups in total. The van der Waals surface area contributed by atoms with Crippen LogP contribution in [0.5, 0.6) is 0 Å². The molecule has 5 nitrogen and oxygen atoms in total. The van der Waals surface area contributed by atoms with E-state index < -0.39 is 0 Å². The Morgan fingerprint density at radius 3 is 3.19 bits per heavy atom. The first-order valence-electron chi connectivity index (χ1n) is 5.26. The third-order valence-corrected chi connectivity index (χ3v) is 2.77. The van der Waals surface area contributed by atoms with Crippen LogP contribution in [0.4, 0.5) is 0 Å². The molecule has 0 unspecified atom stereocenters. The van der Waals surface area contributed by atoms with E-state index in [1.54, 1.807) is 6.07 Å². The summed E-state index contributed by atoms with van der Waals surface area (Å²) in [6.07, 6.45) is 1.99. The lowest BCUT2D eigenvalue weighted by molar-refractivity contribution is 0.0596. The molecule has 1 aromatic rings. The molecule has 0 aromatic carbocycles. The highest BCUT2D eigenvalue weighted by Crippen LogP contribution is 2.18. The van der Waals surface area contributed by atoms with E-state index in [4.69, 9.17) is 4.42 Å². The van der Waals surface area contributed by atoms with Crippen LogP contribution >= 0.6 is 0 Å². The summed E-state index contributed by atoms with van der Waals surface area (Å²) >= 11 is 0. The van der Waals surface area contributed by atoms with Crippen molar-refractivity contribution in [3.05, 3.63) is 23.7 Å². The van der Waals surface area contributed by atoms with Crippen molar-refractivity contribution >= 4 is 5.97 Å². The van der Waals surface area contributed by atoms with E-state index in [1.165, 1.54) is 13.4 Å². The van der Waals surface area contributed by atoms with Gasteiger partial charge in [-0.25, -0.2) is 4.79 Å². The molecular weight excluding hydrogens is 210 g/mol. The smallest absolute Gasteiger partial charge is 0.341 e. The lowest BCUT2D eigenvalue weighted by Crippen LogP contribution is -2.22. The van der Waals surface area contributed by atoms with Crippen LogP contribution in [0.3, 0.4) is 0 Å². The first kappa shape index (κ1) is 11.2. The van der Waals surface area contributed by atoms with Gasteiger partial charge >= 0.3 is 5.97 Å². The van der Waals surface area contributed by atoms with Crippen LogP contribution in [-0.2, 0) is 11.3 Å². The summed E-state index contributed by atoms with van der Waals surface area (Å²) in [5.41, 5.74) is 0.462. The molecule has 1 aliphatic heterocycles. The van der Waals surface area contributed by atoms with Gasteiger partial charge in [-0.2, -0.15) is 0 Å². The van der Waals surface area contributed by atoms with Gasteiger partial charge in [-0.3, -0.25) is 4.90 Å². The van der Waals surface area contributed by atoms with Gasteiger partial charge in [0, 0.05) is 13.1 Å². The van der Waals surface area contributed by atoms with Crippen LogP contribution in [0, 0.1) is 0 Å². The quantitative estimate of drug-likeness (QED) is 0.764. The lowest BCUT2D eigenvalue weighted by atomic mass is 10.2. The summed E-state index contributed by atoms with van der Waals surface area (Å²) in [6, 6.07) is 1.60. The second kappa shape index (κ2) is 4.67. The monoisotopic (exact) mass is 225 g/mol. The molecule has 1 atom stereocenters. The predicted molar refractivity (Wildman–Crippen MR) is 55.9 cm³/mol.